The van der Waals surface area contributed by atoms with Crippen LogP contribution in [0.1, 0.15) is 41.6 Å². The van der Waals surface area contributed by atoms with E-state index in [1.54, 1.807) is 24.1 Å². The Kier molecular flexibility index (Phi) is 6.51. The van der Waals surface area contributed by atoms with E-state index in [2.05, 4.69) is 11.4 Å². The van der Waals surface area contributed by atoms with E-state index in [1.165, 1.54) is 6.92 Å². The Labute approximate surface area is 154 Å². The smallest absolute Gasteiger partial charge is 0.225 e. The first kappa shape index (κ1) is 19.2. The lowest BCUT2D eigenvalue weighted by Crippen LogP contribution is -2.33. The quantitative estimate of drug-likeness (QED) is 0.871. The van der Waals surface area contributed by atoms with Crippen LogP contribution in [0.15, 0.2) is 48.5 Å². The molecule has 0 spiro atoms. The summed E-state index contributed by atoms with van der Waals surface area (Å²) in [6.07, 6.45) is 0.190. The molecular weight excluding hydrogens is 326 g/mol. The van der Waals surface area contributed by atoms with Crippen LogP contribution in [0, 0.1) is 18.3 Å². The van der Waals surface area contributed by atoms with Crippen LogP contribution >= 0.6 is 0 Å². The molecule has 0 bridgehead atoms. The molecule has 0 saturated carbocycles. The van der Waals surface area contributed by atoms with Crippen LogP contribution in [0.2, 0.25) is 0 Å². The molecule has 0 aliphatic rings. The molecule has 5 heteroatoms. The number of nitriles is 1. The highest BCUT2D eigenvalue weighted by Crippen LogP contribution is 2.19. The van der Waals surface area contributed by atoms with Crippen LogP contribution in [-0.4, -0.2) is 23.8 Å². The molecule has 2 aromatic carbocycles. The van der Waals surface area contributed by atoms with Gasteiger partial charge in [-0.1, -0.05) is 42.0 Å². The zero-order valence-corrected chi connectivity index (χ0v) is 15.3. The first-order chi connectivity index (χ1) is 12.4. The van der Waals surface area contributed by atoms with Gasteiger partial charge in [-0.3, -0.25) is 9.59 Å². The van der Waals surface area contributed by atoms with Crippen molar-refractivity contribution in [1.29, 1.82) is 5.26 Å². The first-order valence-electron chi connectivity index (χ1n) is 8.45. The molecule has 0 aliphatic heterocycles. The molecule has 1 unspecified atom stereocenters. The summed E-state index contributed by atoms with van der Waals surface area (Å²) < 4.78 is 0. The maximum Gasteiger partial charge on any atom is 0.225 e. The summed E-state index contributed by atoms with van der Waals surface area (Å²) >= 11 is 0. The van der Waals surface area contributed by atoms with Crippen LogP contribution < -0.4 is 5.32 Å². The minimum Gasteiger partial charge on any atom is -0.349 e. The molecule has 0 aliphatic carbocycles. The molecule has 2 rings (SSSR count). The van der Waals surface area contributed by atoms with Crippen molar-refractivity contribution in [3.8, 4) is 6.07 Å². The van der Waals surface area contributed by atoms with E-state index in [9.17, 15) is 9.59 Å². The van der Waals surface area contributed by atoms with Gasteiger partial charge in [0.05, 0.1) is 24.1 Å². The number of carbonyl (C=O) groups excluding carboxylic acids is 2. The first-order valence-corrected chi connectivity index (χ1v) is 8.45. The monoisotopic (exact) mass is 349 g/mol. The van der Waals surface area contributed by atoms with Crippen molar-refractivity contribution in [3.05, 3.63) is 70.8 Å². The van der Waals surface area contributed by atoms with E-state index in [1.807, 2.05) is 43.3 Å². The zero-order valence-electron chi connectivity index (χ0n) is 15.3. The highest BCUT2D eigenvalue weighted by Gasteiger charge is 2.19. The van der Waals surface area contributed by atoms with Crippen LogP contribution in [0.4, 0.5) is 0 Å². The van der Waals surface area contributed by atoms with Crippen molar-refractivity contribution in [2.75, 3.05) is 7.05 Å². The second-order valence-electron chi connectivity index (χ2n) is 6.43. The Hall–Kier alpha value is -3.13. The van der Waals surface area contributed by atoms with Gasteiger partial charge in [0, 0.05) is 20.5 Å². The summed E-state index contributed by atoms with van der Waals surface area (Å²) in [4.78, 5) is 25.8. The number of nitrogens with one attached hydrogen (secondary N) is 1. The molecule has 134 valence electrons. The van der Waals surface area contributed by atoms with Gasteiger partial charge in [0.2, 0.25) is 11.8 Å². The van der Waals surface area contributed by atoms with E-state index in [0.717, 1.165) is 16.7 Å². The summed E-state index contributed by atoms with van der Waals surface area (Å²) in [6.45, 7) is 3.89. The standard InChI is InChI=1S/C21H23N3O2/c1-15-4-10-19(11-5-15)20(23-16(2)25)12-21(26)24(3)14-18-8-6-17(13-22)7-9-18/h4-11,20H,12,14H2,1-3H3,(H,23,25). The third-order valence-electron chi connectivity index (χ3n) is 4.16. The van der Waals surface area contributed by atoms with Crippen LogP contribution in [0.5, 0.6) is 0 Å². The lowest BCUT2D eigenvalue weighted by Gasteiger charge is -2.23. The second kappa shape index (κ2) is 8.82. The highest BCUT2D eigenvalue weighted by molar-refractivity contribution is 5.79. The molecule has 26 heavy (non-hydrogen) atoms. The topological polar surface area (TPSA) is 73.2 Å². The number of hydrogen-bond donors (Lipinski definition) is 1. The molecule has 0 heterocycles. The van der Waals surface area contributed by atoms with E-state index in [4.69, 9.17) is 5.26 Å². The number of rotatable bonds is 6. The number of hydrogen-bond acceptors (Lipinski definition) is 3. The average Bonchev–Trinajstić information content (AvgIpc) is 2.62. The van der Waals surface area contributed by atoms with Gasteiger partial charge >= 0.3 is 0 Å². The molecule has 0 radical (unpaired) electrons. The van der Waals surface area contributed by atoms with Crippen molar-refractivity contribution >= 4 is 11.8 Å². The summed E-state index contributed by atoms with van der Waals surface area (Å²) in [5.74, 6) is -0.230. The average molecular weight is 349 g/mol. The normalized spacial score (nSPS) is 11.3. The lowest BCUT2D eigenvalue weighted by molar-refractivity contribution is -0.131. The van der Waals surface area contributed by atoms with Gasteiger partial charge in [-0.15, -0.1) is 0 Å². The fourth-order valence-electron chi connectivity index (χ4n) is 2.67. The third-order valence-corrected chi connectivity index (χ3v) is 4.16. The molecule has 5 nitrogen and oxygen atoms in total. The van der Waals surface area contributed by atoms with Gasteiger partial charge in [0.25, 0.3) is 0 Å². The fraction of sp³-hybridized carbons (Fsp3) is 0.286. The number of amides is 2. The van der Waals surface area contributed by atoms with Crippen molar-refractivity contribution in [2.45, 2.75) is 32.9 Å². The van der Waals surface area contributed by atoms with Crippen LogP contribution in [-0.2, 0) is 16.1 Å². The fourth-order valence-corrected chi connectivity index (χ4v) is 2.67. The van der Waals surface area contributed by atoms with Gasteiger partial charge in [-0.25, -0.2) is 0 Å². The van der Waals surface area contributed by atoms with Gasteiger partial charge < -0.3 is 10.2 Å². The summed E-state index contributed by atoms with van der Waals surface area (Å²) in [6, 6.07) is 16.7. The zero-order chi connectivity index (χ0) is 19.1. The Balaban J connectivity index is 2.06. The van der Waals surface area contributed by atoms with Crippen molar-refractivity contribution in [2.24, 2.45) is 0 Å². The van der Waals surface area contributed by atoms with Crippen molar-refractivity contribution < 1.29 is 9.59 Å². The maximum absolute atomic E-state index is 12.6. The molecule has 1 N–H and O–H groups in total. The van der Waals surface area contributed by atoms with E-state index in [-0.39, 0.29) is 24.3 Å². The maximum atomic E-state index is 12.6. The van der Waals surface area contributed by atoms with Gasteiger partial charge in [-0.05, 0) is 30.2 Å². The Morgan fingerprint density at radius 1 is 1.12 bits per heavy atom. The van der Waals surface area contributed by atoms with Gasteiger partial charge in [-0.2, -0.15) is 5.26 Å². The largest absolute Gasteiger partial charge is 0.349 e. The predicted molar refractivity (Wildman–Crippen MR) is 100.0 cm³/mol. The predicted octanol–water partition coefficient (Wildman–Crippen LogP) is 3.09. The van der Waals surface area contributed by atoms with E-state index in [0.29, 0.717) is 12.1 Å². The number of nitrogens with zero attached hydrogens (tertiary/aromatic N) is 2. The molecule has 2 amide bonds. The SMILES string of the molecule is CC(=O)NC(CC(=O)N(C)Cc1ccc(C#N)cc1)c1ccc(C)cc1. The van der Waals surface area contributed by atoms with Crippen LogP contribution in [0.3, 0.4) is 0 Å². The number of benzene rings is 2. The number of aryl methyl sites for hydroxylation is 1. The van der Waals surface area contributed by atoms with Crippen molar-refractivity contribution in [3.63, 3.8) is 0 Å². The third kappa shape index (κ3) is 5.45. The number of carbonyl (C=O) groups is 2. The molecule has 0 aromatic heterocycles. The summed E-state index contributed by atoms with van der Waals surface area (Å²) in [5.41, 5.74) is 3.57. The minimum absolute atomic E-state index is 0.0614. The Morgan fingerprint density at radius 2 is 1.73 bits per heavy atom. The molecular formula is C21H23N3O2. The second-order valence-corrected chi connectivity index (χ2v) is 6.43. The Morgan fingerprint density at radius 3 is 2.27 bits per heavy atom. The highest BCUT2D eigenvalue weighted by atomic mass is 16.2. The Bertz CT molecular complexity index is 805. The van der Waals surface area contributed by atoms with Crippen LogP contribution in [0.25, 0.3) is 0 Å². The van der Waals surface area contributed by atoms with E-state index >= 15 is 0 Å². The van der Waals surface area contributed by atoms with Crippen molar-refractivity contribution in [1.82, 2.24) is 10.2 Å². The van der Waals surface area contributed by atoms with E-state index < -0.39 is 0 Å². The van der Waals surface area contributed by atoms with Gasteiger partial charge in [0.1, 0.15) is 0 Å². The lowest BCUT2D eigenvalue weighted by atomic mass is 10.0. The van der Waals surface area contributed by atoms with Gasteiger partial charge in [0.15, 0.2) is 0 Å². The minimum atomic E-state index is -0.357. The molecule has 0 saturated heterocycles. The molecule has 1 atom stereocenters. The summed E-state index contributed by atoms with van der Waals surface area (Å²) in [7, 11) is 1.74. The summed E-state index contributed by atoms with van der Waals surface area (Å²) in [5, 5.41) is 11.7. The molecule has 0 fully saturated rings. The molecule has 2 aromatic rings.